The van der Waals surface area contributed by atoms with Crippen LogP contribution in [0.15, 0.2) is 35.3 Å². The highest BCUT2D eigenvalue weighted by Gasteiger charge is 2.34. The van der Waals surface area contributed by atoms with Gasteiger partial charge in [0.15, 0.2) is 0 Å². The Kier molecular flexibility index (Phi) is 4.61. The monoisotopic (exact) mass is 397 g/mol. The maximum atomic E-state index is 12.7. The minimum absolute atomic E-state index is 0.111. The largest absolute Gasteiger partial charge is 0.390 e. The average molecular weight is 398 g/mol. The molecule has 0 unspecified atom stereocenters. The quantitative estimate of drug-likeness (QED) is 0.644. The Morgan fingerprint density at radius 1 is 1.36 bits per heavy atom. The minimum atomic E-state index is -0.646. The molecule has 1 saturated carbocycles. The van der Waals surface area contributed by atoms with Crippen molar-refractivity contribution in [1.29, 1.82) is 5.26 Å². The Balaban J connectivity index is 1.70. The van der Waals surface area contributed by atoms with Crippen molar-refractivity contribution in [2.75, 3.05) is 5.32 Å². The Hall–Kier alpha value is -2.82. The van der Waals surface area contributed by atoms with Crippen LogP contribution in [0.25, 0.3) is 11.0 Å². The molecular formula is C20H20ClN5O2. The third kappa shape index (κ3) is 3.15. The van der Waals surface area contributed by atoms with Gasteiger partial charge in [-0.3, -0.25) is 9.13 Å². The summed E-state index contributed by atoms with van der Waals surface area (Å²) in [7, 11) is 1.74. The van der Waals surface area contributed by atoms with Crippen LogP contribution in [0, 0.1) is 11.3 Å². The highest BCUT2D eigenvalue weighted by atomic mass is 35.5. The van der Waals surface area contributed by atoms with Gasteiger partial charge in [0.05, 0.1) is 22.3 Å². The lowest BCUT2D eigenvalue weighted by Gasteiger charge is -2.36. The molecule has 28 heavy (non-hydrogen) atoms. The molecule has 7 nitrogen and oxygen atoms in total. The molecule has 0 amide bonds. The second kappa shape index (κ2) is 6.97. The molecule has 1 aromatic carbocycles. The molecule has 0 radical (unpaired) electrons. The van der Waals surface area contributed by atoms with Gasteiger partial charge >= 0.3 is 5.69 Å². The summed E-state index contributed by atoms with van der Waals surface area (Å²) in [6, 6.07) is 9.31. The first-order chi connectivity index (χ1) is 13.4. The Bertz CT molecular complexity index is 1150. The van der Waals surface area contributed by atoms with Crippen molar-refractivity contribution in [1.82, 2.24) is 14.1 Å². The normalized spacial score (nSPS) is 15.2. The van der Waals surface area contributed by atoms with Gasteiger partial charge in [0.2, 0.25) is 0 Å². The molecule has 0 atom stereocenters. The smallest absolute Gasteiger partial charge is 0.328 e. The zero-order valence-electron chi connectivity index (χ0n) is 15.4. The molecule has 2 N–H and O–H groups in total. The van der Waals surface area contributed by atoms with E-state index in [-0.39, 0.29) is 16.4 Å². The number of pyridine rings is 1. The first kappa shape index (κ1) is 18.5. The zero-order chi connectivity index (χ0) is 19.9. The van der Waals surface area contributed by atoms with Gasteiger partial charge in [-0.1, -0.05) is 11.6 Å². The van der Waals surface area contributed by atoms with Gasteiger partial charge in [-0.25, -0.2) is 9.78 Å². The fourth-order valence-electron chi connectivity index (χ4n) is 3.66. The van der Waals surface area contributed by atoms with E-state index < -0.39 is 5.60 Å². The Morgan fingerprint density at radius 2 is 2.14 bits per heavy atom. The number of aliphatic hydroxyl groups is 1. The lowest BCUT2D eigenvalue weighted by Crippen LogP contribution is -2.38. The van der Waals surface area contributed by atoms with Crippen LogP contribution in [-0.4, -0.2) is 24.8 Å². The summed E-state index contributed by atoms with van der Waals surface area (Å²) in [6.07, 6.45) is 4.70. The van der Waals surface area contributed by atoms with Crippen LogP contribution in [0.3, 0.4) is 0 Å². The van der Waals surface area contributed by atoms with Crippen molar-refractivity contribution in [2.45, 2.75) is 37.8 Å². The number of rotatable bonds is 5. The number of imidazole rings is 1. The second-order valence-corrected chi connectivity index (χ2v) is 7.64. The molecule has 4 rings (SSSR count). The van der Waals surface area contributed by atoms with E-state index in [1.807, 2.05) is 18.2 Å². The van der Waals surface area contributed by atoms with Crippen molar-refractivity contribution < 1.29 is 5.11 Å². The molecule has 1 aliphatic carbocycles. The average Bonchev–Trinajstić information content (AvgIpc) is 2.89. The van der Waals surface area contributed by atoms with E-state index in [0.29, 0.717) is 18.7 Å². The van der Waals surface area contributed by atoms with Crippen LogP contribution in [-0.2, 0) is 13.6 Å². The van der Waals surface area contributed by atoms with E-state index in [1.54, 1.807) is 22.2 Å². The second-order valence-electron chi connectivity index (χ2n) is 7.29. The summed E-state index contributed by atoms with van der Waals surface area (Å²) in [5.74, 6) is 0. The van der Waals surface area contributed by atoms with Gasteiger partial charge in [0.25, 0.3) is 0 Å². The van der Waals surface area contributed by atoms with Crippen LogP contribution >= 0.6 is 11.6 Å². The van der Waals surface area contributed by atoms with Crippen LogP contribution in [0.2, 0.25) is 5.15 Å². The number of hydrogen-bond donors (Lipinski definition) is 2. The molecule has 1 fully saturated rings. The van der Waals surface area contributed by atoms with Gasteiger partial charge < -0.3 is 10.4 Å². The maximum absolute atomic E-state index is 12.7. The molecule has 0 bridgehead atoms. The first-order valence-corrected chi connectivity index (χ1v) is 9.53. The SMILES string of the molecule is Cn1c(=O)n(CCC2(O)CCC2)c2cc(Nc3ccnc(Cl)c3C#N)ccc21. The Labute approximate surface area is 166 Å². The van der Waals surface area contributed by atoms with E-state index >= 15 is 0 Å². The number of nitriles is 1. The standard InChI is InChI=1S/C20H20ClN5O2/c1-25-16-4-3-13(24-15-5-9-23-18(21)14(15)12-22)11-17(16)26(19(25)27)10-8-20(28)6-2-7-20/h3-5,9,11,28H,2,6-8,10H2,1H3,(H,23,24). The summed E-state index contributed by atoms with van der Waals surface area (Å²) in [5, 5.41) is 23.0. The molecule has 8 heteroatoms. The third-order valence-corrected chi connectivity index (χ3v) is 5.81. The fraction of sp³-hybridized carbons (Fsp3) is 0.350. The van der Waals surface area contributed by atoms with E-state index in [4.69, 9.17) is 11.6 Å². The summed E-state index contributed by atoms with van der Waals surface area (Å²) in [5.41, 5.74) is 2.38. The van der Waals surface area contributed by atoms with Crippen molar-refractivity contribution in [3.8, 4) is 6.07 Å². The predicted octanol–water partition coefficient (Wildman–Crippen LogP) is 3.31. The van der Waals surface area contributed by atoms with Gasteiger partial charge in [-0.05, 0) is 49.9 Å². The van der Waals surface area contributed by atoms with Crippen LogP contribution in [0.1, 0.15) is 31.2 Å². The molecule has 144 valence electrons. The van der Waals surface area contributed by atoms with Gasteiger partial charge in [-0.15, -0.1) is 0 Å². The van der Waals surface area contributed by atoms with E-state index in [0.717, 1.165) is 36.0 Å². The maximum Gasteiger partial charge on any atom is 0.328 e. The highest BCUT2D eigenvalue weighted by Crippen LogP contribution is 2.35. The summed E-state index contributed by atoms with van der Waals surface area (Å²) in [6.45, 7) is 0.459. The number of fused-ring (bicyclic) bond motifs is 1. The number of aryl methyl sites for hydroxylation is 2. The number of halogens is 1. The molecule has 0 spiro atoms. The highest BCUT2D eigenvalue weighted by molar-refractivity contribution is 6.31. The van der Waals surface area contributed by atoms with Crippen molar-refractivity contribution in [3.05, 3.63) is 51.7 Å². The minimum Gasteiger partial charge on any atom is -0.390 e. The summed E-state index contributed by atoms with van der Waals surface area (Å²) >= 11 is 6.00. The predicted molar refractivity (Wildman–Crippen MR) is 108 cm³/mol. The summed E-state index contributed by atoms with van der Waals surface area (Å²) in [4.78, 5) is 16.6. The lowest BCUT2D eigenvalue weighted by atomic mass is 9.78. The third-order valence-electron chi connectivity index (χ3n) is 5.53. The van der Waals surface area contributed by atoms with Crippen molar-refractivity contribution >= 4 is 34.0 Å². The molecular weight excluding hydrogens is 378 g/mol. The molecule has 1 aliphatic rings. The molecule has 2 heterocycles. The zero-order valence-corrected chi connectivity index (χ0v) is 16.2. The number of anilines is 2. The number of nitrogens with zero attached hydrogens (tertiary/aromatic N) is 4. The molecule has 2 aromatic heterocycles. The van der Waals surface area contributed by atoms with Crippen molar-refractivity contribution in [3.63, 3.8) is 0 Å². The first-order valence-electron chi connectivity index (χ1n) is 9.15. The number of hydrogen-bond acceptors (Lipinski definition) is 5. The fourth-order valence-corrected chi connectivity index (χ4v) is 3.86. The number of aromatic nitrogens is 3. The van der Waals surface area contributed by atoms with E-state index in [9.17, 15) is 15.2 Å². The van der Waals surface area contributed by atoms with Gasteiger partial charge in [-0.2, -0.15) is 5.26 Å². The van der Waals surface area contributed by atoms with E-state index in [1.165, 1.54) is 6.20 Å². The van der Waals surface area contributed by atoms with Crippen LogP contribution in [0.5, 0.6) is 0 Å². The lowest BCUT2D eigenvalue weighted by molar-refractivity contribution is -0.0432. The van der Waals surface area contributed by atoms with Crippen LogP contribution < -0.4 is 11.0 Å². The number of nitrogens with one attached hydrogen (secondary N) is 1. The Morgan fingerprint density at radius 3 is 2.82 bits per heavy atom. The number of benzene rings is 1. The van der Waals surface area contributed by atoms with E-state index in [2.05, 4.69) is 16.4 Å². The topological polar surface area (TPSA) is 95.9 Å². The van der Waals surface area contributed by atoms with Gasteiger partial charge in [0, 0.05) is 25.5 Å². The van der Waals surface area contributed by atoms with Crippen molar-refractivity contribution in [2.24, 2.45) is 7.05 Å². The van der Waals surface area contributed by atoms with Crippen LogP contribution in [0.4, 0.5) is 11.4 Å². The molecule has 0 aliphatic heterocycles. The summed E-state index contributed by atoms with van der Waals surface area (Å²) < 4.78 is 3.30. The molecule has 0 saturated heterocycles. The molecule has 3 aromatic rings. The van der Waals surface area contributed by atoms with Gasteiger partial charge in [0.1, 0.15) is 16.8 Å².